The Balaban J connectivity index is 1.73. The summed E-state index contributed by atoms with van der Waals surface area (Å²) in [6.07, 6.45) is 3.10. The van der Waals surface area contributed by atoms with Crippen molar-refractivity contribution in [2.24, 2.45) is 0 Å². The van der Waals surface area contributed by atoms with E-state index >= 15 is 0 Å². The summed E-state index contributed by atoms with van der Waals surface area (Å²) in [6.45, 7) is 6.05. The molecule has 6 nitrogen and oxygen atoms in total. The Morgan fingerprint density at radius 2 is 2.37 bits per heavy atom. The third-order valence-electron chi connectivity index (χ3n) is 3.17. The summed E-state index contributed by atoms with van der Waals surface area (Å²) >= 11 is 1.61. The van der Waals surface area contributed by atoms with Crippen LogP contribution in [-0.2, 0) is 11.2 Å². The Kier molecular flexibility index (Phi) is 3.76. The molecule has 3 rings (SSSR count). The third-order valence-corrected chi connectivity index (χ3v) is 4.12. The molecule has 104 valence electrons. The summed E-state index contributed by atoms with van der Waals surface area (Å²) in [5.41, 5.74) is 0. The highest BCUT2D eigenvalue weighted by Crippen LogP contribution is 2.28. The van der Waals surface area contributed by atoms with Crippen molar-refractivity contribution in [1.29, 1.82) is 0 Å². The molecule has 1 N–H and O–H groups in total. The van der Waals surface area contributed by atoms with Crippen LogP contribution in [0.3, 0.4) is 0 Å². The number of aromatic nitrogens is 4. The largest absolute Gasteiger partial charge is 0.370 e. The molecule has 1 saturated heterocycles. The predicted molar refractivity (Wildman–Crippen MR) is 73.4 cm³/mol. The van der Waals surface area contributed by atoms with Crippen molar-refractivity contribution in [3.63, 3.8) is 0 Å². The van der Waals surface area contributed by atoms with Gasteiger partial charge in [-0.05, 0) is 12.8 Å². The second-order valence-electron chi connectivity index (χ2n) is 5.11. The smallest absolute Gasteiger partial charge is 0.234 e. The summed E-state index contributed by atoms with van der Waals surface area (Å²) in [4.78, 5) is 0.866. The van der Waals surface area contributed by atoms with Gasteiger partial charge in [-0.25, -0.2) is 0 Å². The van der Waals surface area contributed by atoms with Crippen LogP contribution in [0.5, 0.6) is 0 Å². The number of rotatable bonds is 5. The van der Waals surface area contributed by atoms with Gasteiger partial charge in [-0.3, -0.25) is 0 Å². The van der Waals surface area contributed by atoms with Gasteiger partial charge in [0.05, 0.1) is 0 Å². The fraction of sp³-hybridized carbons (Fsp3) is 0.750. The lowest BCUT2D eigenvalue weighted by molar-refractivity contribution is 0.103. The van der Waals surface area contributed by atoms with E-state index in [1.165, 1.54) is 0 Å². The average Bonchev–Trinajstić information content (AvgIpc) is 3.01. The Bertz CT molecular complexity index is 543. The summed E-state index contributed by atoms with van der Waals surface area (Å²) in [7, 11) is 0. The van der Waals surface area contributed by atoms with E-state index in [2.05, 4.69) is 34.5 Å². The molecular weight excluding hydrogens is 262 g/mol. The number of nitrogens with zero attached hydrogens (tertiary/aromatic N) is 4. The number of fused-ring (bicyclic) bond motifs is 1. The highest BCUT2D eigenvalue weighted by atomic mass is 32.1. The molecule has 7 heteroatoms. The van der Waals surface area contributed by atoms with Gasteiger partial charge >= 0.3 is 0 Å². The quantitative estimate of drug-likeness (QED) is 0.901. The lowest BCUT2D eigenvalue weighted by Gasteiger charge is -2.05. The van der Waals surface area contributed by atoms with Gasteiger partial charge in [0.2, 0.25) is 4.96 Å². The molecular formula is C12H19N5OS. The normalized spacial score (nSPS) is 19.8. The minimum Gasteiger partial charge on any atom is -0.370 e. The lowest BCUT2D eigenvalue weighted by Crippen LogP contribution is -2.24. The molecule has 0 spiro atoms. The van der Waals surface area contributed by atoms with Crippen LogP contribution in [0.25, 0.3) is 4.96 Å². The van der Waals surface area contributed by atoms with Gasteiger partial charge in [-0.1, -0.05) is 25.2 Å². The molecule has 19 heavy (non-hydrogen) atoms. The van der Waals surface area contributed by atoms with Crippen LogP contribution in [-0.4, -0.2) is 39.0 Å². The van der Waals surface area contributed by atoms with E-state index < -0.39 is 0 Å². The first-order chi connectivity index (χ1) is 9.24. The maximum absolute atomic E-state index is 5.66. The second kappa shape index (κ2) is 5.52. The summed E-state index contributed by atoms with van der Waals surface area (Å²) in [5, 5.41) is 17.5. The maximum Gasteiger partial charge on any atom is 0.234 e. The van der Waals surface area contributed by atoms with Gasteiger partial charge in [-0.2, -0.15) is 9.61 Å². The number of hydrogen-bond donors (Lipinski definition) is 1. The monoisotopic (exact) mass is 281 g/mol. The molecule has 1 aliphatic heterocycles. The van der Waals surface area contributed by atoms with Crippen LogP contribution >= 0.6 is 11.3 Å². The fourth-order valence-corrected chi connectivity index (χ4v) is 3.06. The molecule has 1 unspecified atom stereocenters. The molecule has 0 aromatic carbocycles. The average molecular weight is 281 g/mol. The highest BCUT2D eigenvalue weighted by molar-refractivity contribution is 7.16. The molecule has 2 aromatic rings. The zero-order valence-electron chi connectivity index (χ0n) is 11.3. The van der Waals surface area contributed by atoms with Crippen LogP contribution in [0, 0.1) is 0 Å². The molecule has 0 saturated carbocycles. The minimum absolute atomic E-state index is 0.0683. The summed E-state index contributed by atoms with van der Waals surface area (Å²) < 4.78 is 7.51. The molecule has 0 aliphatic carbocycles. The SMILES string of the molecule is CC(C)NCCc1nn2c(C3CCCO3)nnc2s1. The van der Waals surface area contributed by atoms with Crippen molar-refractivity contribution >= 4 is 16.3 Å². The molecule has 2 aromatic heterocycles. The standard InChI is InChI=1S/C12H19N5OS/c1-8(2)13-6-5-10-16-17-11(9-4-3-7-18-9)14-15-12(17)19-10/h8-9,13H,3-7H2,1-2H3. The first kappa shape index (κ1) is 13.0. The fourth-order valence-electron chi connectivity index (χ4n) is 2.22. The van der Waals surface area contributed by atoms with Crippen LogP contribution in [0.4, 0.5) is 0 Å². The lowest BCUT2D eigenvalue weighted by atomic mass is 10.2. The van der Waals surface area contributed by atoms with Crippen LogP contribution in [0.1, 0.15) is 43.6 Å². The molecule has 0 bridgehead atoms. The zero-order valence-corrected chi connectivity index (χ0v) is 12.1. The number of hydrogen-bond acceptors (Lipinski definition) is 6. The van der Waals surface area contributed by atoms with Crippen LogP contribution < -0.4 is 5.32 Å². The van der Waals surface area contributed by atoms with Gasteiger partial charge in [0.25, 0.3) is 0 Å². The van der Waals surface area contributed by atoms with Crippen molar-refractivity contribution < 1.29 is 4.74 Å². The maximum atomic E-state index is 5.66. The van der Waals surface area contributed by atoms with Gasteiger partial charge in [0.1, 0.15) is 11.1 Å². The number of nitrogens with one attached hydrogen (secondary N) is 1. The van der Waals surface area contributed by atoms with E-state index in [0.29, 0.717) is 6.04 Å². The molecule has 0 radical (unpaired) electrons. The van der Waals surface area contributed by atoms with E-state index in [1.807, 2.05) is 4.52 Å². The Morgan fingerprint density at radius 3 is 3.11 bits per heavy atom. The molecule has 1 atom stereocenters. The Hall–Kier alpha value is -1.05. The minimum atomic E-state index is 0.0683. The summed E-state index contributed by atoms with van der Waals surface area (Å²) in [6, 6.07) is 0.508. The molecule has 0 amide bonds. The van der Waals surface area contributed by atoms with Crippen molar-refractivity contribution in [3.8, 4) is 0 Å². The molecule has 1 fully saturated rings. The molecule has 3 heterocycles. The van der Waals surface area contributed by atoms with Crippen molar-refractivity contribution in [2.75, 3.05) is 13.2 Å². The van der Waals surface area contributed by atoms with Gasteiger partial charge < -0.3 is 10.1 Å². The third kappa shape index (κ3) is 2.77. The van der Waals surface area contributed by atoms with E-state index in [1.54, 1.807) is 11.3 Å². The van der Waals surface area contributed by atoms with Crippen LogP contribution in [0.2, 0.25) is 0 Å². The Labute approximate surface area is 116 Å². The highest BCUT2D eigenvalue weighted by Gasteiger charge is 2.24. The predicted octanol–water partition coefficient (Wildman–Crippen LogP) is 1.58. The number of ether oxygens (including phenoxy) is 1. The van der Waals surface area contributed by atoms with Crippen molar-refractivity contribution in [1.82, 2.24) is 25.1 Å². The zero-order chi connectivity index (χ0) is 13.2. The second-order valence-corrected chi connectivity index (χ2v) is 6.15. The van der Waals surface area contributed by atoms with Gasteiger partial charge in [0, 0.05) is 25.6 Å². The van der Waals surface area contributed by atoms with E-state index in [-0.39, 0.29) is 6.10 Å². The summed E-state index contributed by atoms with van der Waals surface area (Å²) in [5.74, 6) is 0.854. The topological polar surface area (TPSA) is 64.3 Å². The van der Waals surface area contributed by atoms with Gasteiger partial charge in [0.15, 0.2) is 5.82 Å². The van der Waals surface area contributed by atoms with Crippen molar-refractivity contribution in [3.05, 3.63) is 10.8 Å². The van der Waals surface area contributed by atoms with E-state index in [9.17, 15) is 0 Å². The van der Waals surface area contributed by atoms with E-state index in [0.717, 1.165) is 48.2 Å². The first-order valence-electron chi connectivity index (χ1n) is 6.80. The Morgan fingerprint density at radius 1 is 1.47 bits per heavy atom. The molecule has 1 aliphatic rings. The van der Waals surface area contributed by atoms with E-state index in [4.69, 9.17) is 4.74 Å². The van der Waals surface area contributed by atoms with Crippen LogP contribution in [0.15, 0.2) is 0 Å². The van der Waals surface area contributed by atoms with Gasteiger partial charge in [-0.15, -0.1) is 10.2 Å². The van der Waals surface area contributed by atoms with Crippen molar-refractivity contribution in [2.45, 2.75) is 45.3 Å². The first-order valence-corrected chi connectivity index (χ1v) is 7.61.